The summed E-state index contributed by atoms with van der Waals surface area (Å²) in [5, 5.41) is 1.76. The molecule has 0 aliphatic heterocycles. The minimum Gasteiger partial charge on any atom is -0.0884 e. The summed E-state index contributed by atoms with van der Waals surface area (Å²) in [6.07, 6.45) is 4.19. The van der Waals surface area contributed by atoms with Crippen molar-refractivity contribution in [2.75, 3.05) is 0 Å². The van der Waals surface area contributed by atoms with Crippen molar-refractivity contribution in [3.8, 4) is 0 Å². The first-order valence-corrected chi connectivity index (χ1v) is 9.01. The number of fused-ring (bicyclic) bond motifs is 2. The Morgan fingerprint density at radius 1 is 0.958 bits per heavy atom. The topological polar surface area (TPSA) is 0 Å². The molecule has 4 rings (SSSR count). The van der Waals surface area contributed by atoms with Gasteiger partial charge in [-0.2, -0.15) is 0 Å². The highest BCUT2D eigenvalue weighted by Crippen LogP contribution is 2.53. The summed E-state index contributed by atoms with van der Waals surface area (Å²) >= 11 is 13.4. The molecule has 0 bridgehead atoms. The van der Waals surface area contributed by atoms with Gasteiger partial charge in [0.1, 0.15) is 0 Å². The van der Waals surface area contributed by atoms with Gasteiger partial charge in [-0.25, -0.2) is 0 Å². The van der Waals surface area contributed by atoms with E-state index in [1.54, 1.807) is 0 Å². The molecule has 0 saturated carbocycles. The Hall–Kier alpha value is -1.76. The van der Waals surface area contributed by atoms with E-state index in [4.69, 9.17) is 23.2 Å². The Balaban J connectivity index is 1.85. The number of hydrogen-bond acceptors (Lipinski definition) is 0. The van der Waals surface area contributed by atoms with Gasteiger partial charge in [0.25, 0.3) is 0 Å². The van der Waals surface area contributed by atoms with Crippen molar-refractivity contribution in [1.29, 1.82) is 0 Å². The Bertz CT molecular complexity index is 915. The molecule has 2 aromatic carbocycles. The molecule has 2 aliphatic rings. The van der Waals surface area contributed by atoms with Crippen LogP contribution in [0.1, 0.15) is 42.0 Å². The van der Waals surface area contributed by atoms with E-state index >= 15 is 0 Å². The number of allylic oxidation sites excluding steroid dienone is 5. The zero-order valence-corrected chi connectivity index (χ0v) is 15.2. The molecule has 0 N–H and O–H groups in total. The fraction of sp³-hybridized carbons (Fsp3) is 0.182. The maximum atomic E-state index is 6.81. The molecule has 0 nitrogen and oxygen atoms in total. The molecule has 2 unspecified atom stereocenters. The summed E-state index contributed by atoms with van der Waals surface area (Å²) in [6.45, 7) is 4.27. The first kappa shape index (κ1) is 15.7. The quantitative estimate of drug-likeness (QED) is 0.542. The van der Waals surface area contributed by atoms with E-state index in [1.807, 2.05) is 6.92 Å². The molecule has 0 aromatic heterocycles. The second-order valence-corrected chi connectivity index (χ2v) is 7.21. The van der Waals surface area contributed by atoms with E-state index in [0.29, 0.717) is 0 Å². The van der Waals surface area contributed by atoms with E-state index in [2.05, 4.69) is 67.6 Å². The van der Waals surface area contributed by atoms with E-state index in [0.717, 1.165) is 15.6 Å². The maximum absolute atomic E-state index is 6.81. The maximum Gasteiger partial charge on any atom is 0.0522 e. The van der Waals surface area contributed by atoms with E-state index in [9.17, 15) is 0 Å². The van der Waals surface area contributed by atoms with Crippen molar-refractivity contribution in [1.82, 2.24) is 0 Å². The normalized spacial score (nSPS) is 21.8. The molecule has 2 atom stereocenters. The van der Waals surface area contributed by atoms with E-state index in [-0.39, 0.29) is 11.8 Å². The fourth-order valence-corrected chi connectivity index (χ4v) is 4.96. The summed E-state index contributed by atoms with van der Waals surface area (Å²) in [5.74, 6) is 0.374. The predicted molar refractivity (Wildman–Crippen MR) is 105 cm³/mol. The summed E-state index contributed by atoms with van der Waals surface area (Å²) in [5.41, 5.74) is 7.29. The zero-order valence-electron chi connectivity index (χ0n) is 13.7. The Morgan fingerprint density at radius 2 is 1.62 bits per heavy atom. The second kappa shape index (κ2) is 5.95. The van der Waals surface area contributed by atoms with Gasteiger partial charge >= 0.3 is 0 Å². The molecule has 2 aromatic rings. The summed E-state index contributed by atoms with van der Waals surface area (Å²) in [7, 11) is 0. The summed E-state index contributed by atoms with van der Waals surface area (Å²) in [4.78, 5) is 0. The van der Waals surface area contributed by atoms with Gasteiger partial charge in [-0.3, -0.25) is 0 Å². The van der Waals surface area contributed by atoms with Crippen LogP contribution >= 0.6 is 23.2 Å². The highest BCUT2D eigenvalue weighted by atomic mass is 35.5. The van der Waals surface area contributed by atoms with Crippen molar-refractivity contribution in [3.63, 3.8) is 0 Å². The number of halogens is 2. The molecule has 24 heavy (non-hydrogen) atoms. The van der Waals surface area contributed by atoms with Crippen LogP contribution in [0, 0.1) is 5.92 Å². The molecule has 2 heteroatoms. The lowest BCUT2D eigenvalue weighted by atomic mass is 9.81. The third-order valence-corrected chi connectivity index (χ3v) is 5.90. The van der Waals surface area contributed by atoms with Gasteiger partial charge in [0, 0.05) is 11.0 Å². The Morgan fingerprint density at radius 3 is 2.38 bits per heavy atom. The first-order chi connectivity index (χ1) is 11.6. The lowest BCUT2D eigenvalue weighted by Gasteiger charge is -2.24. The minimum absolute atomic E-state index is 0.163. The van der Waals surface area contributed by atoms with Gasteiger partial charge in [-0.15, -0.1) is 0 Å². The van der Waals surface area contributed by atoms with Gasteiger partial charge < -0.3 is 0 Å². The first-order valence-electron chi connectivity index (χ1n) is 8.25. The minimum atomic E-state index is 0.163. The molecule has 0 spiro atoms. The smallest absolute Gasteiger partial charge is 0.0522 e. The van der Waals surface area contributed by atoms with Crippen molar-refractivity contribution in [2.24, 2.45) is 5.92 Å². The molecule has 0 amide bonds. The van der Waals surface area contributed by atoms with Crippen LogP contribution in [0.25, 0.3) is 17.2 Å². The van der Waals surface area contributed by atoms with Crippen LogP contribution in [0.4, 0.5) is 0 Å². The van der Waals surface area contributed by atoms with Gasteiger partial charge in [-0.1, -0.05) is 84.7 Å². The molecule has 0 heterocycles. The summed E-state index contributed by atoms with van der Waals surface area (Å²) < 4.78 is 0. The van der Waals surface area contributed by atoms with Crippen LogP contribution in [0.5, 0.6) is 0 Å². The molecular weight excluding hydrogens is 335 g/mol. The average Bonchev–Trinajstić information content (AvgIpc) is 3.07. The van der Waals surface area contributed by atoms with Gasteiger partial charge in [0.05, 0.1) is 5.03 Å². The third kappa shape index (κ3) is 2.21. The molecule has 2 aliphatic carbocycles. The van der Waals surface area contributed by atoms with Crippen molar-refractivity contribution in [3.05, 3.63) is 86.9 Å². The number of benzene rings is 2. The van der Waals surface area contributed by atoms with Crippen LogP contribution < -0.4 is 0 Å². The molecular formula is C22H18Cl2. The molecule has 0 radical (unpaired) electrons. The van der Waals surface area contributed by atoms with Crippen LogP contribution in [-0.4, -0.2) is 0 Å². The SMILES string of the molecule is CC=C1C(Cl)=C(C(C)C2C(Cl)=Cc3ccccc32)c2ccccc21. The summed E-state index contributed by atoms with van der Waals surface area (Å²) in [6, 6.07) is 16.9. The highest BCUT2D eigenvalue weighted by molar-refractivity contribution is 6.42. The lowest BCUT2D eigenvalue weighted by Crippen LogP contribution is -2.10. The standard InChI is InChI=1S/C22H18Cl2/c1-3-15-17-10-6-7-11-18(17)21(22(15)24)13(2)20-16-9-5-4-8-14(16)12-19(20)23/h3-13,20H,1-2H3. The zero-order chi connectivity index (χ0) is 16.8. The predicted octanol–water partition coefficient (Wildman–Crippen LogP) is 7.07. The molecule has 0 fully saturated rings. The van der Waals surface area contributed by atoms with Crippen LogP contribution in [-0.2, 0) is 0 Å². The fourth-order valence-electron chi connectivity index (χ4n) is 4.05. The van der Waals surface area contributed by atoms with Crippen LogP contribution in [0.15, 0.2) is 64.7 Å². The monoisotopic (exact) mass is 352 g/mol. The second-order valence-electron chi connectivity index (χ2n) is 6.40. The molecule has 0 saturated heterocycles. The number of hydrogen-bond donors (Lipinski definition) is 0. The molecule has 120 valence electrons. The Labute approximate surface area is 153 Å². The van der Waals surface area contributed by atoms with Crippen molar-refractivity contribution < 1.29 is 0 Å². The van der Waals surface area contributed by atoms with Gasteiger partial charge in [0.2, 0.25) is 0 Å². The van der Waals surface area contributed by atoms with Crippen molar-refractivity contribution >= 4 is 40.4 Å². The van der Waals surface area contributed by atoms with Crippen molar-refractivity contribution in [2.45, 2.75) is 19.8 Å². The van der Waals surface area contributed by atoms with Gasteiger partial charge in [-0.05, 0) is 52.3 Å². The highest BCUT2D eigenvalue weighted by Gasteiger charge is 2.36. The Kier molecular flexibility index (Phi) is 3.90. The largest absolute Gasteiger partial charge is 0.0884 e. The van der Waals surface area contributed by atoms with Crippen LogP contribution in [0.2, 0.25) is 0 Å². The lowest BCUT2D eigenvalue weighted by molar-refractivity contribution is 0.660. The van der Waals surface area contributed by atoms with Gasteiger partial charge in [0.15, 0.2) is 0 Å². The van der Waals surface area contributed by atoms with E-state index < -0.39 is 0 Å². The number of rotatable bonds is 2. The average molecular weight is 353 g/mol. The van der Waals surface area contributed by atoms with Crippen LogP contribution in [0.3, 0.4) is 0 Å². The van der Waals surface area contributed by atoms with E-state index in [1.165, 1.54) is 27.8 Å². The third-order valence-electron chi connectivity index (χ3n) is 5.15.